The zero-order chi connectivity index (χ0) is 12.0. The molecular weight excluding hydrogens is 220 g/mol. The van der Waals surface area contributed by atoms with E-state index < -0.39 is 0 Å². The summed E-state index contributed by atoms with van der Waals surface area (Å²) in [7, 11) is 0. The van der Waals surface area contributed by atoms with Gasteiger partial charge in [0.05, 0.1) is 5.69 Å². The number of nitrogens with one attached hydrogen (secondary N) is 1. The number of Topliss-reactive ketones (excluding diaryl/α,β-unsaturated/α-hetero) is 1. The van der Waals surface area contributed by atoms with Gasteiger partial charge in [0.25, 0.3) is 0 Å². The molecule has 1 rings (SSSR count). The highest BCUT2D eigenvalue weighted by Gasteiger charge is 2.04. The summed E-state index contributed by atoms with van der Waals surface area (Å²) in [6.45, 7) is 5.55. The van der Waals surface area contributed by atoms with E-state index in [4.69, 9.17) is 0 Å². The Balaban J connectivity index is 2.69. The Bertz CT molecular complexity index is 385. The number of ketones is 1. The molecule has 0 saturated carbocycles. The van der Waals surface area contributed by atoms with Gasteiger partial charge in [-0.25, -0.2) is 0 Å². The Morgan fingerprint density at radius 3 is 2.50 bits per heavy atom. The van der Waals surface area contributed by atoms with Crippen molar-refractivity contribution in [3.05, 3.63) is 29.8 Å². The third kappa shape index (κ3) is 4.06. The van der Waals surface area contributed by atoms with Crippen LogP contribution in [0.5, 0.6) is 0 Å². The van der Waals surface area contributed by atoms with Gasteiger partial charge in [-0.2, -0.15) is 5.10 Å². The Morgan fingerprint density at radius 2 is 2.00 bits per heavy atom. The lowest BCUT2D eigenvalue weighted by molar-refractivity contribution is -0.110. The van der Waals surface area contributed by atoms with E-state index in [1.807, 2.05) is 38.1 Å². The highest BCUT2D eigenvalue weighted by molar-refractivity contribution is 8.15. The Hall–Kier alpha value is -1.29. The lowest BCUT2D eigenvalue weighted by atomic mass is 10.2. The number of anilines is 1. The van der Waals surface area contributed by atoms with Gasteiger partial charge in [0.1, 0.15) is 0 Å². The normalized spacial score (nSPS) is 11.3. The minimum atomic E-state index is -0.00791. The maximum atomic E-state index is 11.2. The first-order valence-corrected chi connectivity index (χ1v) is 6.16. The summed E-state index contributed by atoms with van der Waals surface area (Å²) < 4.78 is 0. The molecule has 0 heterocycles. The van der Waals surface area contributed by atoms with Gasteiger partial charge < -0.3 is 0 Å². The molecule has 0 unspecified atom stereocenters. The van der Waals surface area contributed by atoms with Crippen LogP contribution < -0.4 is 5.43 Å². The smallest absolute Gasteiger partial charge is 0.186 e. The fourth-order valence-corrected chi connectivity index (χ4v) is 1.68. The van der Waals surface area contributed by atoms with Crippen LogP contribution in [0.15, 0.2) is 29.4 Å². The summed E-state index contributed by atoms with van der Waals surface area (Å²) in [6.07, 6.45) is 0. The summed E-state index contributed by atoms with van der Waals surface area (Å²) in [4.78, 5) is 11.2. The molecule has 3 nitrogen and oxygen atoms in total. The van der Waals surface area contributed by atoms with Crippen molar-refractivity contribution in [1.82, 2.24) is 0 Å². The fourth-order valence-electron chi connectivity index (χ4n) is 1.09. The number of hydrogen-bond acceptors (Lipinski definition) is 4. The molecule has 0 saturated heterocycles. The zero-order valence-electron chi connectivity index (χ0n) is 9.78. The number of thioether (sulfide) groups is 1. The van der Waals surface area contributed by atoms with Gasteiger partial charge in [-0.05, 0) is 24.8 Å². The predicted molar refractivity (Wildman–Crippen MR) is 71.0 cm³/mol. The van der Waals surface area contributed by atoms with Crippen molar-refractivity contribution in [3.8, 4) is 0 Å². The molecule has 0 bridgehead atoms. The van der Waals surface area contributed by atoms with Gasteiger partial charge in [-0.3, -0.25) is 10.2 Å². The van der Waals surface area contributed by atoms with Gasteiger partial charge in [-0.1, -0.05) is 24.6 Å². The molecule has 1 N–H and O–H groups in total. The van der Waals surface area contributed by atoms with Crippen LogP contribution in [-0.2, 0) is 4.79 Å². The van der Waals surface area contributed by atoms with Crippen LogP contribution in [0, 0.1) is 6.92 Å². The van der Waals surface area contributed by atoms with Crippen molar-refractivity contribution >= 4 is 28.3 Å². The number of hydrogen-bond donors (Lipinski definition) is 1. The summed E-state index contributed by atoms with van der Waals surface area (Å²) in [5, 5.41) is 4.61. The maximum Gasteiger partial charge on any atom is 0.186 e. The fraction of sp³-hybridized carbons (Fsp3) is 0.333. The number of carbonyl (C=O) groups is 1. The molecule has 0 aliphatic rings. The Kier molecular flexibility index (Phi) is 5.05. The molecule has 4 heteroatoms. The first kappa shape index (κ1) is 12.8. The Morgan fingerprint density at radius 1 is 1.38 bits per heavy atom. The van der Waals surface area contributed by atoms with Crippen molar-refractivity contribution in [2.75, 3.05) is 11.2 Å². The van der Waals surface area contributed by atoms with Crippen LogP contribution in [0.25, 0.3) is 0 Å². The lowest BCUT2D eigenvalue weighted by Crippen LogP contribution is -2.08. The number of carbonyl (C=O) groups excluding carboxylic acids is 1. The van der Waals surface area contributed by atoms with Gasteiger partial charge in [0.15, 0.2) is 10.8 Å². The minimum absolute atomic E-state index is 0.00791. The van der Waals surface area contributed by atoms with Crippen molar-refractivity contribution in [3.63, 3.8) is 0 Å². The monoisotopic (exact) mass is 236 g/mol. The van der Waals surface area contributed by atoms with Crippen molar-refractivity contribution in [1.29, 1.82) is 0 Å². The molecular formula is C12H16N2OS. The van der Waals surface area contributed by atoms with E-state index in [0.717, 1.165) is 11.4 Å². The number of hydrazone groups is 1. The summed E-state index contributed by atoms with van der Waals surface area (Å²) in [5.41, 5.74) is 4.97. The molecule has 0 aliphatic carbocycles. The maximum absolute atomic E-state index is 11.2. The van der Waals surface area contributed by atoms with Crippen molar-refractivity contribution < 1.29 is 4.79 Å². The zero-order valence-corrected chi connectivity index (χ0v) is 10.6. The Labute approximate surface area is 100 Å². The first-order chi connectivity index (χ1) is 7.63. The van der Waals surface area contributed by atoms with Gasteiger partial charge in [0.2, 0.25) is 0 Å². The van der Waals surface area contributed by atoms with Crippen LogP contribution in [-0.4, -0.2) is 16.6 Å². The summed E-state index contributed by atoms with van der Waals surface area (Å²) in [5.74, 6) is 0.833. The molecule has 1 aromatic rings. The molecule has 86 valence electrons. The predicted octanol–water partition coefficient (Wildman–Crippen LogP) is 3.06. The topological polar surface area (TPSA) is 41.5 Å². The number of aryl methyl sites for hydroxylation is 1. The average Bonchev–Trinajstić information content (AvgIpc) is 2.26. The van der Waals surface area contributed by atoms with Gasteiger partial charge in [-0.15, -0.1) is 11.8 Å². The third-order valence-electron chi connectivity index (χ3n) is 1.92. The molecule has 0 amide bonds. The lowest BCUT2D eigenvalue weighted by Gasteiger charge is -2.03. The second-order valence-corrected chi connectivity index (χ2v) is 4.64. The van der Waals surface area contributed by atoms with E-state index in [-0.39, 0.29) is 5.78 Å². The van der Waals surface area contributed by atoms with E-state index >= 15 is 0 Å². The second kappa shape index (κ2) is 6.33. The number of rotatable bonds is 4. The van der Waals surface area contributed by atoms with Crippen LogP contribution in [0.2, 0.25) is 0 Å². The van der Waals surface area contributed by atoms with Crippen LogP contribution in [0.4, 0.5) is 5.69 Å². The van der Waals surface area contributed by atoms with E-state index in [9.17, 15) is 4.79 Å². The molecule has 0 atom stereocenters. The largest absolute Gasteiger partial charge is 0.292 e. The molecule has 1 aromatic carbocycles. The van der Waals surface area contributed by atoms with E-state index in [2.05, 4.69) is 10.5 Å². The average molecular weight is 236 g/mol. The summed E-state index contributed by atoms with van der Waals surface area (Å²) >= 11 is 1.44. The van der Waals surface area contributed by atoms with Crippen molar-refractivity contribution in [2.24, 2.45) is 5.10 Å². The number of benzene rings is 1. The highest BCUT2D eigenvalue weighted by Crippen LogP contribution is 2.10. The molecule has 0 spiro atoms. The third-order valence-corrected chi connectivity index (χ3v) is 2.86. The number of nitrogens with zero attached hydrogens (tertiary/aromatic N) is 1. The van der Waals surface area contributed by atoms with E-state index in [1.54, 1.807) is 0 Å². The van der Waals surface area contributed by atoms with E-state index in [0.29, 0.717) is 5.04 Å². The van der Waals surface area contributed by atoms with Crippen LogP contribution in [0.3, 0.4) is 0 Å². The molecule has 0 aromatic heterocycles. The van der Waals surface area contributed by atoms with Crippen LogP contribution >= 0.6 is 11.8 Å². The van der Waals surface area contributed by atoms with Gasteiger partial charge in [0, 0.05) is 6.92 Å². The molecule has 0 fully saturated rings. The van der Waals surface area contributed by atoms with Crippen LogP contribution in [0.1, 0.15) is 19.4 Å². The highest BCUT2D eigenvalue weighted by atomic mass is 32.2. The second-order valence-electron chi connectivity index (χ2n) is 3.38. The molecule has 0 radical (unpaired) electrons. The summed E-state index contributed by atoms with van der Waals surface area (Å²) in [6, 6.07) is 7.87. The minimum Gasteiger partial charge on any atom is -0.292 e. The molecule has 16 heavy (non-hydrogen) atoms. The SMILES string of the molecule is CCS/C(=N/Nc1ccc(C)cc1)C(C)=O. The quantitative estimate of drug-likeness (QED) is 0.496. The van der Waals surface area contributed by atoms with Crippen molar-refractivity contribution in [2.45, 2.75) is 20.8 Å². The first-order valence-electron chi connectivity index (χ1n) is 5.17. The van der Waals surface area contributed by atoms with E-state index in [1.165, 1.54) is 24.2 Å². The standard InChI is InChI=1S/C12H16N2OS/c1-4-16-12(10(3)15)14-13-11-7-5-9(2)6-8-11/h5-8,13H,4H2,1-3H3/b14-12+. The molecule has 0 aliphatic heterocycles. The van der Waals surface area contributed by atoms with Gasteiger partial charge >= 0.3 is 0 Å².